The van der Waals surface area contributed by atoms with E-state index >= 15 is 0 Å². The number of nitrogens with zero attached hydrogens (tertiary/aromatic N) is 1. The van der Waals surface area contributed by atoms with Crippen molar-refractivity contribution < 1.29 is 9.90 Å². The summed E-state index contributed by atoms with van der Waals surface area (Å²) in [6.45, 7) is 4.17. The molecule has 5 heteroatoms. The number of hydrogen-bond acceptors (Lipinski definition) is 3. The number of aliphatic carboxylic acids is 1. The fraction of sp³-hybridized carbons (Fsp3) is 0.375. The van der Waals surface area contributed by atoms with Crippen molar-refractivity contribution in [3.8, 4) is 0 Å². The number of hydrogen-bond donors (Lipinski definition) is 1. The summed E-state index contributed by atoms with van der Waals surface area (Å²) in [6, 6.07) is 5.95. The Morgan fingerprint density at radius 2 is 2.19 bits per heavy atom. The minimum absolute atomic E-state index is 0.0736. The molecule has 1 heterocycles. The number of carbonyl (C=O) groups is 1. The highest BCUT2D eigenvalue weighted by atomic mass is 79.9. The van der Waals surface area contributed by atoms with Crippen LogP contribution in [0.4, 0.5) is 0 Å². The van der Waals surface area contributed by atoms with Gasteiger partial charge in [-0.05, 0) is 47.3 Å². The van der Waals surface area contributed by atoms with Crippen molar-refractivity contribution in [3.05, 3.63) is 33.9 Å². The topological polar surface area (TPSA) is 50.2 Å². The molecule has 2 rings (SSSR count). The summed E-state index contributed by atoms with van der Waals surface area (Å²) >= 11 is 4.93. The Morgan fingerprint density at radius 1 is 1.43 bits per heavy atom. The Morgan fingerprint density at radius 3 is 2.86 bits per heavy atom. The number of thioether (sulfide) groups is 1. The van der Waals surface area contributed by atoms with E-state index in [1.807, 2.05) is 25.1 Å². The lowest BCUT2D eigenvalue weighted by Crippen LogP contribution is -2.02. The summed E-state index contributed by atoms with van der Waals surface area (Å²) in [5.41, 5.74) is 3.09. The Kier molecular flexibility index (Phi) is 5.65. The molecule has 3 nitrogen and oxygen atoms in total. The van der Waals surface area contributed by atoms with Crippen molar-refractivity contribution in [1.82, 2.24) is 4.98 Å². The van der Waals surface area contributed by atoms with E-state index in [1.54, 1.807) is 0 Å². The third kappa shape index (κ3) is 3.77. The first kappa shape index (κ1) is 16.3. The van der Waals surface area contributed by atoms with Gasteiger partial charge >= 0.3 is 5.97 Å². The summed E-state index contributed by atoms with van der Waals surface area (Å²) < 4.78 is 0.947. The maximum Gasteiger partial charge on any atom is 0.313 e. The lowest BCUT2D eigenvalue weighted by atomic mass is 10.0. The van der Waals surface area contributed by atoms with E-state index < -0.39 is 5.97 Å². The maximum atomic E-state index is 10.9. The third-order valence-corrected chi connectivity index (χ3v) is 5.13. The van der Waals surface area contributed by atoms with E-state index in [4.69, 9.17) is 10.1 Å². The second kappa shape index (κ2) is 7.27. The van der Waals surface area contributed by atoms with Crippen molar-refractivity contribution >= 4 is 44.6 Å². The number of benzene rings is 1. The van der Waals surface area contributed by atoms with Gasteiger partial charge in [0.05, 0.1) is 11.3 Å². The summed E-state index contributed by atoms with van der Waals surface area (Å²) in [4.78, 5) is 16.7. The highest BCUT2D eigenvalue weighted by molar-refractivity contribution is 9.10. The summed E-state index contributed by atoms with van der Waals surface area (Å²) in [7, 11) is 0. The number of unbranched alkanes of at least 4 members (excludes halogenated alkanes) is 1. The largest absolute Gasteiger partial charge is 0.481 e. The van der Waals surface area contributed by atoms with Gasteiger partial charge in [0.15, 0.2) is 0 Å². The molecule has 1 aromatic heterocycles. The van der Waals surface area contributed by atoms with Gasteiger partial charge < -0.3 is 5.11 Å². The highest BCUT2D eigenvalue weighted by Crippen LogP contribution is 2.35. The van der Waals surface area contributed by atoms with E-state index in [0.29, 0.717) is 0 Å². The zero-order valence-corrected chi connectivity index (χ0v) is 14.6. The van der Waals surface area contributed by atoms with Crippen LogP contribution in [0.15, 0.2) is 27.6 Å². The third-order valence-electron chi connectivity index (χ3n) is 3.34. The van der Waals surface area contributed by atoms with E-state index in [2.05, 4.69) is 22.9 Å². The molecule has 0 aliphatic carbocycles. The van der Waals surface area contributed by atoms with Crippen molar-refractivity contribution in [2.75, 3.05) is 5.75 Å². The molecule has 0 aliphatic heterocycles. The van der Waals surface area contributed by atoms with Crippen LogP contribution in [-0.2, 0) is 11.2 Å². The number of carboxylic acids is 1. The van der Waals surface area contributed by atoms with Crippen molar-refractivity contribution in [2.45, 2.75) is 38.0 Å². The molecule has 21 heavy (non-hydrogen) atoms. The first-order valence-corrected chi connectivity index (χ1v) is 8.74. The SMILES string of the molecule is CCCCc1c(C)nc2c(Br)cccc2c1SCC(=O)O. The van der Waals surface area contributed by atoms with Gasteiger partial charge in [-0.25, -0.2) is 0 Å². The lowest BCUT2D eigenvalue weighted by Gasteiger charge is -2.15. The average molecular weight is 368 g/mol. The molecule has 0 saturated heterocycles. The van der Waals surface area contributed by atoms with Crippen LogP contribution < -0.4 is 0 Å². The number of fused-ring (bicyclic) bond motifs is 1. The van der Waals surface area contributed by atoms with E-state index in [1.165, 1.54) is 17.3 Å². The van der Waals surface area contributed by atoms with Gasteiger partial charge in [-0.15, -0.1) is 11.8 Å². The Hall–Kier alpha value is -1.07. The fourth-order valence-corrected chi connectivity index (χ4v) is 3.79. The summed E-state index contributed by atoms with van der Waals surface area (Å²) in [6.07, 6.45) is 3.14. The van der Waals surface area contributed by atoms with Crippen molar-refractivity contribution in [2.24, 2.45) is 0 Å². The highest BCUT2D eigenvalue weighted by Gasteiger charge is 2.15. The smallest absolute Gasteiger partial charge is 0.313 e. The van der Waals surface area contributed by atoms with Gasteiger partial charge in [-0.3, -0.25) is 9.78 Å². The van der Waals surface area contributed by atoms with Crippen LogP contribution in [0.2, 0.25) is 0 Å². The molecule has 0 unspecified atom stereocenters. The molecule has 1 N–H and O–H groups in total. The second-order valence-electron chi connectivity index (χ2n) is 4.93. The first-order chi connectivity index (χ1) is 10.0. The number of para-hydroxylation sites is 1. The molecule has 0 amide bonds. The fourth-order valence-electron chi connectivity index (χ4n) is 2.32. The number of halogens is 1. The summed E-state index contributed by atoms with van der Waals surface area (Å²) in [5.74, 6) is -0.719. The van der Waals surface area contributed by atoms with Crippen LogP contribution in [0, 0.1) is 6.92 Å². The van der Waals surface area contributed by atoms with Crippen molar-refractivity contribution in [1.29, 1.82) is 0 Å². The zero-order chi connectivity index (χ0) is 15.4. The zero-order valence-electron chi connectivity index (χ0n) is 12.1. The average Bonchev–Trinajstić information content (AvgIpc) is 2.44. The van der Waals surface area contributed by atoms with Crippen LogP contribution in [0.5, 0.6) is 0 Å². The molecular formula is C16H18BrNO2S. The quantitative estimate of drug-likeness (QED) is 0.743. The molecule has 112 valence electrons. The lowest BCUT2D eigenvalue weighted by molar-refractivity contribution is -0.133. The molecule has 1 aromatic carbocycles. The molecule has 0 fully saturated rings. The molecule has 0 atom stereocenters. The Labute approximate surface area is 137 Å². The van der Waals surface area contributed by atoms with E-state index in [9.17, 15) is 4.79 Å². The van der Waals surface area contributed by atoms with Gasteiger partial charge in [0, 0.05) is 20.4 Å². The molecule has 0 radical (unpaired) electrons. The normalized spacial score (nSPS) is 11.0. The molecule has 0 spiro atoms. The van der Waals surface area contributed by atoms with E-state index in [-0.39, 0.29) is 5.75 Å². The molecule has 0 saturated carbocycles. The van der Waals surface area contributed by atoms with Gasteiger partial charge in [-0.1, -0.05) is 25.5 Å². The van der Waals surface area contributed by atoms with Crippen LogP contribution in [0.25, 0.3) is 10.9 Å². The number of aromatic nitrogens is 1. The van der Waals surface area contributed by atoms with Crippen molar-refractivity contribution in [3.63, 3.8) is 0 Å². The van der Waals surface area contributed by atoms with Crippen LogP contribution in [0.1, 0.15) is 31.0 Å². The Balaban J connectivity index is 2.60. The van der Waals surface area contributed by atoms with Gasteiger partial charge in [0.1, 0.15) is 0 Å². The Bertz CT molecular complexity index is 673. The minimum Gasteiger partial charge on any atom is -0.481 e. The second-order valence-corrected chi connectivity index (χ2v) is 6.77. The number of pyridine rings is 1. The molecular weight excluding hydrogens is 350 g/mol. The molecule has 0 aliphatic rings. The van der Waals surface area contributed by atoms with Crippen LogP contribution >= 0.6 is 27.7 Å². The van der Waals surface area contributed by atoms with E-state index in [0.717, 1.165) is 45.2 Å². The number of aryl methyl sites for hydroxylation is 1. The predicted octanol–water partition coefficient (Wildman–Crippen LogP) is 4.83. The van der Waals surface area contributed by atoms with Gasteiger partial charge in [0.25, 0.3) is 0 Å². The monoisotopic (exact) mass is 367 g/mol. The van der Waals surface area contributed by atoms with Crippen LogP contribution in [0.3, 0.4) is 0 Å². The molecule has 2 aromatic rings. The predicted molar refractivity (Wildman–Crippen MR) is 91.2 cm³/mol. The number of rotatable bonds is 6. The van der Waals surface area contributed by atoms with Crippen LogP contribution in [-0.4, -0.2) is 21.8 Å². The molecule has 0 bridgehead atoms. The standard InChI is InChI=1S/C16H18BrNO2S/c1-3-4-6-11-10(2)18-15-12(7-5-8-13(15)17)16(11)21-9-14(19)20/h5,7-8H,3-4,6,9H2,1-2H3,(H,19,20). The number of carboxylic acid groups (broad SMARTS) is 1. The van der Waals surface area contributed by atoms with Gasteiger partial charge in [-0.2, -0.15) is 0 Å². The summed E-state index contributed by atoms with van der Waals surface area (Å²) in [5, 5.41) is 10.0. The minimum atomic E-state index is -0.793. The van der Waals surface area contributed by atoms with Gasteiger partial charge in [0.2, 0.25) is 0 Å². The maximum absolute atomic E-state index is 10.9. The first-order valence-electron chi connectivity index (χ1n) is 6.96.